The molecule has 0 spiro atoms. The average molecular weight is 164 g/mol. The Labute approximate surface area is 76.4 Å². The van der Waals surface area contributed by atoms with Crippen molar-refractivity contribution >= 4 is 0 Å². The molecule has 0 aromatic rings. The molecule has 0 nitrogen and oxygen atoms in total. The van der Waals surface area contributed by atoms with E-state index in [2.05, 4.69) is 32.6 Å². The molecule has 0 unspecified atom stereocenters. The molecule has 12 heavy (non-hydrogen) atoms. The highest BCUT2D eigenvalue weighted by molar-refractivity contribution is 5.25. The molecule has 1 fully saturated rings. The first-order valence-electron chi connectivity index (χ1n) is 5.08. The van der Waals surface area contributed by atoms with Gasteiger partial charge < -0.3 is 0 Å². The third kappa shape index (κ3) is 1.48. The monoisotopic (exact) mass is 164 g/mol. The maximum atomic E-state index is 3.90. The first kappa shape index (κ1) is 9.57. The van der Waals surface area contributed by atoms with Crippen molar-refractivity contribution in [3.05, 3.63) is 24.3 Å². The summed E-state index contributed by atoms with van der Waals surface area (Å²) < 4.78 is 0. The zero-order valence-electron chi connectivity index (χ0n) is 8.40. The zero-order chi connectivity index (χ0) is 9.03. The summed E-state index contributed by atoms with van der Waals surface area (Å²) in [5.41, 5.74) is 1.97. The van der Waals surface area contributed by atoms with E-state index in [9.17, 15) is 0 Å². The van der Waals surface area contributed by atoms with Crippen LogP contribution < -0.4 is 0 Å². The summed E-state index contributed by atoms with van der Waals surface area (Å²) in [6, 6.07) is 0. The van der Waals surface area contributed by atoms with Crippen molar-refractivity contribution < 1.29 is 0 Å². The fourth-order valence-corrected chi connectivity index (χ4v) is 2.54. The molecule has 68 valence electrons. The molecule has 0 aromatic heterocycles. The SMILES string of the molecule is C=C/C(=C\C)C1(CC)CCCC1. The molecule has 0 saturated heterocycles. The van der Waals surface area contributed by atoms with Crippen molar-refractivity contribution in [1.82, 2.24) is 0 Å². The molecule has 0 bridgehead atoms. The van der Waals surface area contributed by atoms with Gasteiger partial charge in [-0.2, -0.15) is 0 Å². The van der Waals surface area contributed by atoms with Gasteiger partial charge in [-0.25, -0.2) is 0 Å². The highest BCUT2D eigenvalue weighted by Gasteiger charge is 2.33. The molecule has 0 aliphatic heterocycles. The normalized spacial score (nSPS) is 22.7. The molecular formula is C12H20. The number of allylic oxidation sites excluding steroid dienone is 3. The van der Waals surface area contributed by atoms with Gasteiger partial charge in [0.25, 0.3) is 0 Å². The Morgan fingerprint density at radius 3 is 2.33 bits per heavy atom. The van der Waals surface area contributed by atoms with Gasteiger partial charge in [-0.05, 0) is 37.2 Å². The van der Waals surface area contributed by atoms with Crippen LogP contribution in [0.3, 0.4) is 0 Å². The molecule has 0 amide bonds. The van der Waals surface area contributed by atoms with E-state index in [1.165, 1.54) is 37.7 Å². The molecule has 1 aliphatic rings. The lowest BCUT2D eigenvalue weighted by atomic mass is 9.76. The number of hydrogen-bond donors (Lipinski definition) is 0. The highest BCUT2D eigenvalue weighted by atomic mass is 14.4. The van der Waals surface area contributed by atoms with Gasteiger partial charge >= 0.3 is 0 Å². The minimum absolute atomic E-state index is 0.497. The third-order valence-electron chi connectivity index (χ3n) is 3.38. The molecular weight excluding hydrogens is 144 g/mol. The molecule has 1 saturated carbocycles. The number of hydrogen-bond acceptors (Lipinski definition) is 0. The maximum Gasteiger partial charge on any atom is -0.00531 e. The Morgan fingerprint density at radius 1 is 1.42 bits per heavy atom. The Kier molecular flexibility index (Phi) is 3.13. The van der Waals surface area contributed by atoms with Crippen molar-refractivity contribution in [1.29, 1.82) is 0 Å². The van der Waals surface area contributed by atoms with Crippen LogP contribution in [0.25, 0.3) is 0 Å². The molecule has 0 aromatic carbocycles. The third-order valence-corrected chi connectivity index (χ3v) is 3.38. The summed E-state index contributed by atoms with van der Waals surface area (Å²) >= 11 is 0. The summed E-state index contributed by atoms with van der Waals surface area (Å²) in [5.74, 6) is 0. The molecule has 0 radical (unpaired) electrons. The van der Waals surface area contributed by atoms with Gasteiger partial charge in [-0.3, -0.25) is 0 Å². The second-order valence-corrected chi connectivity index (χ2v) is 3.79. The van der Waals surface area contributed by atoms with E-state index in [4.69, 9.17) is 0 Å². The lowest BCUT2D eigenvalue weighted by Gasteiger charge is -2.29. The summed E-state index contributed by atoms with van der Waals surface area (Å²) in [6.45, 7) is 8.34. The predicted molar refractivity (Wildman–Crippen MR) is 55.1 cm³/mol. The topological polar surface area (TPSA) is 0 Å². The smallest absolute Gasteiger partial charge is 0.00531 e. The summed E-state index contributed by atoms with van der Waals surface area (Å²) in [5, 5.41) is 0. The van der Waals surface area contributed by atoms with Crippen LogP contribution in [0, 0.1) is 5.41 Å². The van der Waals surface area contributed by atoms with Crippen molar-refractivity contribution in [2.45, 2.75) is 46.0 Å². The summed E-state index contributed by atoms with van der Waals surface area (Å²) in [4.78, 5) is 0. The van der Waals surface area contributed by atoms with Crippen LogP contribution >= 0.6 is 0 Å². The Balaban J connectivity index is 2.84. The van der Waals surface area contributed by atoms with E-state index in [0.29, 0.717) is 5.41 Å². The molecule has 1 aliphatic carbocycles. The summed E-state index contributed by atoms with van der Waals surface area (Å²) in [7, 11) is 0. The van der Waals surface area contributed by atoms with E-state index in [0.717, 1.165) is 0 Å². The van der Waals surface area contributed by atoms with Crippen LogP contribution in [0.4, 0.5) is 0 Å². The van der Waals surface area contributed by atoms with E-state index >= 15 is 0 Å². The fraction of sp³-hybridized carbons (Fsp3) is 0.667. The van der Waals surface area contributed by atoms with Crippen molar-refractivity contribution in [3.63, 3.8) is 0 Å². The van der Waals surface area contributed by atoms with Gasteiger partial charge in [0.05, 0.1) is 0 Å². The van der Waals surface area contributed by atoms with Crippen molar-refractivity contribution in [2.24, 2.45) is 5.41 Å². The van der Waals surface area contributed by atoms with E-state index in [-0.39, 0.29) is 0 Å². The first-order valence-corrected chi connectivity index (χ1v) is 5.08. The van der Waals surface area contributed by atoms with Gasteiger partial charge in [0.2, 0.25) is 0 Å². The van der Waals surface area contributed by atoms with Crippen LogP contribution in [-0.4, -0.2) is 0 Å². The van der Waals surface area contributed by atoms with Crippen LogP contribution in [0.15, 0.2) is 24.3 Å². The lowest BCUT2D eigenvalue weighted by molar-refractivity contribution is 0.362. The molecule has 0 N–H and O–H groups in total. The quantitative estimate of drug-likeness (QED) is 0.551. The first-order chi connectivity index (χ1) is 5.79. The number of rotatable bonds is 3. The standard InChI is InChI=1S/C12H20/c1-4-11(5-2)12(6-3)9-7-8-10-12/h4-5H,1,6-10H2,2-3H3/b11-5+. The zero-order valence-corrected chi connectivity index (χ0v) is 8.40. The van der Waals surface area contributed by atoms with Gasteiger partial charge in [0.1, 0.15) is 0 Å². The fourth-order valence-electron chi connectivity index (χ4n) is 2.54. The molecule has 0 heterocycles. The van der Waals surface area contributed by atoms with Gasteiger partial charge in [0, 0.05) is 0 Å². The van der Waals surface area contributed by atoms with E-state index < -0.39 is 0 Å². The minimum atomic E-state index is 0.497. The van der Waals surface area contributed by atoms with Gasteiger partial charge in [-0.1, -0.05) is 38.5 Å². The van der Waals surface area contributed by atoms with Crippen molar-refractivity contribution in [3.8, 4) is 0 Å². The van der Waals surface area contributed by atoms with E-state index in [1.54, 1.807) is 0 Å². The largest absolute Gasteiger partial charge is 0.0988 e. The Bertz CT molecular complexity index is 180. The minimum Gasteiger partial charge on any atom is -0.0988 e. The van der Waals surface area contributed by atoms with Crippen LogP contribution in [-0.2, 0) is 0 Å². The highest BCUT2D eigenvalue weighted by Crippen LogP contribution is 2.46. The van der Waals surface area contributed by atoms with Gasteiger partial charge in [0.15, 0.2) is 0 Å². The van der Waals surface area contributed by atoms with Crippen LogP contribution in [0.1, 0.15) is 46.0 Å². The van der Waals surface area contributed by atoms with Crippen LogP contribution in [0.2, 0.25) is 0 Å². The molecule has 1 rings (SSSR count). The second kappa shape index (κ2) is 3.93. The maximum absolute atomic E-state index is 3.90. The van der Waals surface area contributed by atoms with E-state index in [1.807, 2.05) is 0 Å². The average Bonchev–Trinajstić information content (AvgIpc) is 2.56. The second-order valence-electron chi connectivity index (χ2n) is 3.79. The van der Waals surface area contributed by atoms with Crippen LogP contribution in [0.5, 0.6) is 0 Å². The summed E-state index contributed by atoms with van der Waals surface area (Å²) in [6.07, 6.45) is 11.1. The predicted octanol–water partition coefficient (Wildman–Crippen LogP) is 4.09. The Morgan fingerprint density at radius 2 is 2.00 bits per heavy atom. The van der Waals surface area contributed by atoms with Gasteiger partial charge in [-0.15, -0.1) is 0 Å². The lowest BCUT2D eigenvalue weighted by Crippen LogP contribution is -2.16. The van der Waals surface area contributed by atoms with Crippen molar-refractivity contribution in [2.75, 3.05) is 0 Å². The molecule has 0 heteroatoms. The molecule has 0 atom stereocenters. The Hall–Kier alpha value is -0.520.